The number of methoxy groups -OCH3 is 1. The minimum Gasteiger partial charge on any atom is -0.497 e. The van der Waals surface area contributed by atoms with Gasteiger partial charge in [-0.3, -0.25) is 4.79 Å². The van der Waals surface area contributed by atoms with Gasteiger partial charge in [0.25, 0.3) is 0 Å². The molecule has 3 heteroatoms. The van der Waals surface area contributed by atoms with Gasteiger partial charge in [0, 0.05) is 19.0 Å². The molecule has 1 aromatic rings. The summed E-state index contributed by atoms with van der Waals surface area (Å²) in [4.78, 5) is 14.3. The van der Waals surface area contributed by atoms with E-state index in [9.17, 15) is 4.79 Å². The smallest absolute Gasteiger partial charge is 0.225 e. The highest BCUT2D eigenvalue weighted by Crippen LogP contribution is 2.30. The molecule has 0 bridgehead atoms. The molecule has 1 amide bonds. The van der Waals surface area contributed by atoms with Gasteiger partial charge < -0.3 is 9.64 Å². The van der Waals surface area contributed by atoms with Gasteiger partial charge in [0.05, 0.1) is 7.11 Å². The largest absolute Gasteiger partial charge is 0.497 e. The van der Waals surface area contributed by atoms with Gasteiger partial charge >= 0.3 is 0 Å². The Morgan fingerprint density at radius 2 is 1.81 bits per heavy atom. The molecule has 2 aliphatic rings. The maximum atomic E-state index is 12.2. The van der Waals surface area contributed by atoms with Crippen molar-refractivity contribution in [2.75, 3.05) is 20.2 Å². The Labute approximate surface area is 127 Å². The second kappa shape index (κ2) is 6.50. The predicted octanol–water partition coefficient (Wildman–Crippen LogP) is 3.28. The molecular formula is C18H25NO2. The summed E-state index contributed by atoms with van der Waals surface area (Å²) in [6, 6.07) is 8.38. The van der Waals surface area contributed by atoms with Crippen molar-refractivity contribution in [2.45, 2.75) is 38.5 Å². The van der Waals surface area contributed by atoms with Crippen LogP contribution >= 0.6 is 0 Å². The molecule has 1 saturated heterocycles. The molecule has 0 N–H and O–H groups in total. The second-order valence-electron chi connectivity index (χ2n) is 6.45. The number of hydrogen-bond acceptors (Lipinski definition) is 2. The molecule has 21 heavy (non-hydrogen) atoms. The molecule has 2 fully saturated rings. The lowest BCUT2D eigenvalue weighted by Crippen LogP contribution is -2.43. The Morgan fingerprint density at radius 1 is 1.14 bits per heavy atom. The van der Waals surface area contributed by atoms with Gasteiger partial charge in [-0.25, -0.2) is 0 Å². The number of carbonyl (C=O) groups excluding carboxylic acids is 1. The zero-order chi connectivity index (χ0) is 14.7. The molecule has 0 unspecified atom stereocenters. The average Bonchev–Trinajstić information content (AvgIpc) is 2.47. The first-order chi connectivity index (χ1) is 10.3. The van der Waals surface area contributed by atoms with Crippen molar-refractivity contribution in [3.63, 3.8) is 0 Å². The number of piperidine rings is 1. The summed E-state index contributed by atoms with van der Waals surface area (Å²) in [5.41, 5.74) is 1.37. The summed E-state index contributed by atoms with van der Waals surface area (Å²) in [7, 11) is 1.70. The minimum atomic E-state index is 0.350. The van der Waals surface area contributed by atoms with E-state index < -0.39 is 0 Å². The van der Waals surface area contributed by atoms with E-state index in [0.29, 0.717) is 17.7 Å². The fourth-order valence-electron chi connectivity index (χ4n) is 3.37. The maximum Gasteiger partial charge on any atom is 0.225 e. The summed E-state index contributed by atoms with van der Waals surface area (Å²) < 4.78 is 5.19. The Balaban J connectivity index is 1.47. The molecule has 3 nitrogen and oxygen atoms in total. The number of benzene rings is 1. The predicted molar refractivity (Wildman–Crippen MR) is 83.3 cm³/mol. The molecule has 0 atom stereocenters. The average molecular weight is 287 g/mol. The second-order valence-corrected chi connectivity index (χ2v) is 6.45. The molecule has 1 aliphatic heterocycles. The molecule has 0 radical (unpaired) electrons. The van der Waals surface area contributed by atoms with E-state index in [4.69, 9.17) is 4.74 Å². The number of likely N-dealkylation sites (tertiary alicyclic amines) is 1. The topological polar surface area (TPSA) is 29.5 Å². The quantitative estimate of drug-likeness (QED) is 0.850. The molecule has 1 heterocycles. The SMILES string of the molecule is COc1ccc(CC2CCN(C(=O)C3CCC3)CC2)cc1. The van der Waals surface area contributed by atoms with Crippen LogP contribution in [0.2, 0.25) is 0 Å². The highest BCUT2D eigenvalue weighted by Gasteiger charge is 2.31. The van der Waals surface area contributed by atoms with Crippen molar-refractivity contribution in [3.05, 3.63) is 29.8 Å². The van der Waals surface area contributed by atoms with Crippen molar-refractivity contribution in [2.24, 2.45) is 11.8 Å². The summed E-state index contributed by atoms with van der Waals surface area (Å²) >= 11 is 0. The van der Waals surface area contributed by atoms with Crippen LogP contribution in [0.3, 0.4) is 0 Å². The van der Waals surface area contributed by atoms with Crippen LogP contribution in [-0.4, -0.2) is 31.0 Å². The summed E-state index contributed by atoms with van der Waals surface area (Å²) in [6.45, 7) is 1.91. The van der Waals surface area contributed by atoms with Crippen molar-refractivity contribution >= 4 is 5.91 Å². The van der Waals surface area contributed by atoms with Crippen LogP contribution in [-0.2, 0) is 11.2 Å². The Hall–Kier alpha value is -1.51. The van der Waals surface area contributed by atoms with Gasteiger partial charge in [-0.05, 0) is 55.7 Å². The van der Waals surface area contributed by atoms with Crippen molar-refractivity contribution < 1.29 is 9.53 Å². The van der Waals surface area contributed by atoms with Crippen molar-refractivity contribution in [3.8, 4) is 5.75 Å². The van der Waals surface area contributed by atoms with E-state index >= 15 is 0 Å². The van der Waals surface area contributed by atoms with E-state index in [1.54, 1.807) is 7.11 Å². The highest BCUT2D eigenvalue weighted by atomic mass is 16.5. The van der Waals surface area contributed by atoms with Gasteiger partial charge in [0.15, 0.2) is 0 Å². The third kappa shape index (κ3) is 3.39. The lowest BCUT2D eigenvalue weighted by Gasteiger charge is -2.36. The fraction of sp³-hybridized carbons (Fsp3) is 0.611. The Kier molecular flexibility index (Phi) is 4.47. The highest BCUT2D eigenvalue weighted by molar-refractivity contribution is 5.79. The zero-order valence-corrected chi connectivity index (χ0v) is 12.9. The number of carbonyl (C=O) groups is 1. The Bertz CT molecular complexity index is 470. The van der Waals surface area contributed by atoms with Crippen LogP contribution in [0.15, 0.2) is 24.3 Å². The van der Waals surface area contributed by atoms with Crippen LogP contribution in [0.5, 0.6) is 5.75 Å². The first-order valence-corrected chi connectivity index (χ1v) is 8.18. The van der Waals surface area contributed by atoms with E-state index in [0.717, 1.165) is 50.9 Å². The van der Waals surface area contributed by atoms with Crippen LogP contribution < -0.4 is 4.74 Å². The first kappa shape index (κ1) is 14.4. The molecule has 1 saturated carbocycles. The van der Waals surface area contributed by atoms with Crippen LogP contribution in [0, 0.1) is 11.8 Å². The minimum absolute atomic E-state index is 0.350. The zero-order valence-electron chi connectivity index (χ0n) is 12.9. The number of rotatable bonds is 4. The molecule has 1 aromatic carbocycles. The molecule has 114 valence electrons. The molecular weight excluding hydrogens is 262 g/mol. The Morgan fingerprint density at radius 3 is 2.33 bits per heavy atom. The van der Waals surface area contributed by atoms with Gasteiger partial charge in [0.1, 0.15) is 5.75 Å². The van der Waals surface area contributed by atoms with E-state index in [2.05, 4.69) is 17.0 Å². The molecule has 0 aromatic heterocycles. The fourth-order valence-corrected chi connectivity index (χ4v) is 3.37. The summed E-state index contributed by atoms with van der Waals surface area (Å²) in [6.07, 6.45) is 6.88. The van der Waals surface area contributed by atoms with Crippen LogP contribution in [0.25, 0.3) is 0 Å². The summed E-state index contributed by atoms with van der Waals surface area (Å²) in [5.74, 6) is 2.40. The van der Waals surface area contributed by atoms with E-state index in [-0.39, 0.29) is 0 Å². The van der Waals surface area contributed by atoms with Crippen LogP contribution in [0.4, 0.5) is 0 Å². The number of hydrogen-bond donors (Lipinski definition) is 0. The molecule has 1 aliphatic carbocycles. The van der Waals surface area contributed by atoms with E-state index in [1.165, 1.54) is 12.0 Å². The van der Waals surface area contributed by atoms with Gasteiger partial charge in [-0.1, -0.05) is 18.6 Å². The van der Waals surface area contributed by atoms with Crippen molar-refractivity contribution in [1.29, 1.82) is 0 Å². The number of nitrogens with zero attached hydrogens (tertiary/aromatic N) is 1. The third-order valence-corrected chi connectivity index (χ3v) is 5.06. The van der Waals surface area contributed by atoms with Crippen LogP contribution in [0.1, 0.15) is 37.7 Å². The lowest BCUT2D eigenvalue weighted by atomic mass is 9.83. The standard InChI is InChI=1S/C18H25NO2/c1-21-17-7-5-14(6-8-17)13-15-9-11-19(12-10-15)18(20)16-3-2-4-16/h5-8,15-16H,2-4,9-13H2,1H3. The first-order valence-electron chi connectivity index (χ1n) is 8.18. The third-order valence-electron chi connectivity index (χ3n) is 5.06. The number of amides is 1. The summed E-state index contributed by atoms with van der Waals surface area (Å²) in [5, 5.41) is 0. The monoisotopic (exact) mass is 287 g/mol. The molecule has 3 rings (SSSR count). The van der Waals surface area contributed by atoms with Gasteiger partial charge in [-0.2, -0.15) is 0 Å². The molecule has 0 spiro atoms. The van der Waals surface area contributed by atoms with E-state index in [1.807, 2.05) is 12.1 Å². The number of ether oxygens (including phenoxy) is 1. The van der Waals surface area contributed by atoms with Gasteiger partial charge in [0.2, 0.25) is 5.91 Å². The normalized spacial score (nSPS) is 20.1. The maximum absolute atomic E-state index is 12.2. The van der Waals surface area contributed by atoms with Crippen molar-refractivity contribution in [1.82, 2.24) is 4.90 Å². The van der Waals surface area contributed by atoms with Gasteiger partial charge in [-0.15, -0.1) is 0 Å². The lowest BCUT2D eigenvalue weighted by molar-refractivity contribution is -0.139.